The summed E-state index contributed by atoms with van der Waals surface area (Å²) in [6.07, 6.45) is 0. The summed E-state index contributed by atoms with van der Waals surface area (Å²) in [7, 11) is 0. The summed E-state index contributed by atoms with van der Waals surface area (Å²) >= 11 is 1.87. The molecule has 3 heterocycles. The van der Waals surface area contributed by atoms with Crippen LogP contribution in [0.3, 0.4) is 0 Å². The number of aromatic nitrogens is 2. The van der Waals surface area contributed by atoms with Crippen LogP contribution in [0.1, 0.15) is 0 Å². The van der Waals surface area contributed by atoms with Gasteiger partial charge in [0.1, 0.15) is 0 Å². The standard InChI is InChI=1S/C44H25N3S/c1-45-30-18-23-40-37(26-30)36-24-28(17-22-39(36)47(40)31-12-6-3-7-13-31)29-16-19-34-38(25-29)46-43(27-10-4-2-5-11-27)35-21-20-33-32-14-8-9-15-41(32)48-44(33)42(34)35/h2-26H. The van der Waals surface area contributed by atoms with Crippen LogP contribution in [0.2, 0.25) is 0 Å². The lowest BCUT2D eigenvalue weighted by atomic mass is 9.96. The molecule has 0 aliphatic rings. The van der Waals surface area contributed by atoms with Gasteiger partial charge >= 0.3 is 0 Å². The molecule has 3 nitrogen and oxygen atoms in total. The van der Waals surface area contributed by atoms with Crippen LogP contribution in [0.5, 0.6) is 0 Å². The van der Waals surface area contributed by atoms with Crippen molar-refractivity contribution in [2.45, 2.75) is 0 Å². The van der Waals surface area contributed by atoms with Crippen molar-refractivity contribution in [3.63, 3.8) is 0 Å². The van der Waals surface area contributed by atoms with Gasteiger partial charge in [-0.2, -0.15) is 0 Å². The third-order valence-corrected chi connectivity index (χ3v) is 10.8. The fourth-order valence-corrected chi connectivity index (χ4v) is 8.65. The van der Waals surface area contributed by atoms with Crippen LogP contribution >= 0.6 is 11.3 Å². The number of rotatable bonds is 3. The molecule has 0 fully saturated rings. The Hall–Kier alpha value is -6.28. The molecule has 0 radical (unpaired) electrons. The van der Waals surface area contributed by atoms with Crippen LogP contribution in [0, 0.1) is 6.57 Å². The monoisotopic (exact) mass is 627 g/mol. The highest BCUT2D eigenvalue weighted by molar-refractivity contribution is 7.26. The number of thiophene rings is 1. The molecule has 7 aromatic carbocycles. The Labute approximate surface area is 280 Å². The van der Waals surface area contributed by atoms with E-state index in [4.69, 9.17) is 11.6 Å². The molecule has 3 aromatic heterocycles. The molecule has 0 amide bonds. The molecule has 0 N–H and O–H groups in total. The molecular formula is C44H25N3S. The number of hydrogen-bond acceptors (Lipinski definition) is 2. The average molecular weight is 628 g/mol. The van der Waals surface area contributed by atoms with Crippen molar-refractivity contribution in [1.82, 2.24) is 9.55 Å². The first kappa shape index (κ1) is 26.9. The van der Waals surface area contributed by atoms with Gasteiger partial charge in [0.15, 0.2) is 5.69 Å². The summed E-state index contributed by atoms with van der Waals surface area (Å²) in [5, 5.41) is 8.38. The van der Waals surface area contributed by atoms with E-state index in [0.29, 0.717) is 5.69 Å². The van der Waals surface area contributed by atoms with Gasteiger partial charge in [-0.3, -0.25) is 0 Å². The van der Waals surface area contributed by atoms with Crippen molar-refractivity contribution in [1.29, 1.82) is 0 Å². The van der Waals surface area contributed by atoms with E-state index in [2.05, 4.69) is 143 Å². The number of nitrogens with zero attached hydrogens (tertiary/aromatic N) is 3. The van der Waals surface area contributed by atoms with Crippen molar-refractivity contribution in [3.8, 4) is 28.1 Å². The molecule has 10 aromatic rings. The highest BCUT2D eigenvalue weighted by Crippen LogP contribution is 2.44. The van der Waals surface area contributed by atoms with Gasteiger partial charge < -0.3 is 4.57 Å². The summed E-state index contributed by atoms with van der Waals surface area (Å²) in [5.41, 5.74) is 9.27. The molecule has 10 rings (SSSR count). The second-order valence-electron chi connectivity index (χ2n) is 12.2. The highest BCUT2D eigenvalue weighted by Gasteiger charge is 2.18. The Bertz CT molecular complexity index is 2950. The molecule has 0 saturated carbocycles. The minimum atomic E-state index is 0.641. The summed E-state index contributed by atoms with van der Waals surface area (Å²) in [5.74, 6) is 0. The number of fused-ring (bicyclic) bond motifs is 10. The lowest BCUT2D eigenvalue weighted by Gasteiger charge is -2.13. The van der Waals surface area contributed by atoms with Crippen LogP contribution in [-0.2, 0) is 0 Å². The topological polar surface area (TPSA) is 22.2 Å². The van der Waals surface area contributed by atoms with Crippen molar-refractivity contribution in [3.05, 3.63) is 163 Å². The van der Waals surface area contributed by atoms with E-state index in [0.717, 1.165) is 60.8 Å². The normalized spacial score (nSPS) is 11.7. The van der Waals surface area contributed by atoms with E-state index in [1.807, 2.05) is 29.5 Å². The fourth-order valence-electron chi connectivity index (χ4n) is 7.38. The highest BCUT2D eigenvalue weighted by atomic mass is 32.1. The van der Waals surface area contributed by atoms with E-state index in [-0.39, 0.29) is 0 Å². The molecular weight excluding hydrogens is 603 g/mol. The third kappa shape index (κ3) is 3.95. The molecule has 0 spiro atoms. The summed E-state index contributed by atoms with van der Waals surface area (Å²) in [6.45, 7) is 7.68. The van der Waals surface area contributed by atoms with Crippen molar-refractivity contribution >= 4 is 80.7 Å². The Morgan fingerprint density at radius 1 is 0.521 bits per heavy atom. The largest absolute Gasteiger partial charge is 0.309 e. The third-order valence-electron chi connectivity index (χ3n) is 9.57. The second-order valence-corrected chi connectivity index (χ2v) is 13.3. The van der Waals surface area contributed by atoms with E-state index >= 15 is 0 Å². The Morgan fingerprint density at radius 3 is 2.02 bits per heavy atom. The number of hydrogen-bond donors (Lipinski definition) is 0. The van der Waals surface area contributed by atoms with Crippen molar-refractivity contribution in [2.75, 3.05) is 0 Å². The molecule has 0 bridgehead atoms. The smallest absolute Gasteiger partial charge is 0.188 e. The lowest BCUT2D eigenvalue weighted by molar-refractivity contribution is 1.18. The summed E-state index contributed by atoms with van der Waals surface area (Å²) in [4.78, 5) is 9.12. The number of para-hydroxylation sites is 1. The summed E-state index contributed by atoms with van der Waals surface area (Å²) < 4.78 is 4.89. The molecule has 4 heteroatoms. The zero-order valence-corrected chi connectivity index (χ0v) is 26.5. The first-order valence-electron chi connectivity index (χ1n) is 16.0. The van der Waals surface area contributed by atoms with Gasteiger partial charge in [-0.15, -0.1) is 11.3 Å². The predicted molar refractivity (Wildman–Crippen MR) is 204 cm³/mol. The van der Waals surface area contributed by atoms with E-state index in [1.54, 1.807) is 0 Å². The van der Waals surface area contributed by atoms with Gasteiger partial charge in [0, 0.05) is 53.0 Å². The molecule has 48 heavy (non-hydrogen) atoms. The van der Waals surface area contributed by atoms with Crippen LogP contribution in [-0.4, -0.2) is 9.55 Å². The molecule has 222 valence electrons. The molecule has 0 aliphatic heterocycles. The Morgan fingerprint density at radius 2 is 1.19 bits per heavy atom. The first-order valence-corrected chi connectivity index (χ1v) is 16.8. The SMILES string of the molecule is [C-]#[N+]c1ccc2c(c1)c1cc(-c3ccc4c(c3)nc(-c3ccccc3)c3ccc5c6ccccc6sc5c34)ccc1n2-c1ccccc1. The quantitative estimate of drug-likeness (QED) is 0.141. The Kier molecular flexibility index (Phi) is 5.81. The van der Waals surface area contributed by atoms with Crippen molar-refractivity contribution in [2.24, 2.45) is 0 Å². The van der Waals surface area contributed by atoms with Gasteiger partial charge in [-0.05, 0) is 65.0 Å². The minimum Gasteiger partial charge on any atom is -0.309 e. The van der Waals surface area contributed by atoms with Crippen LogP contribution in [0.15, 0.2) is 152 Å². The van der Waals surface area contributed by atoms with Crippen LogP contribution in [0.25, 0.3) is 96.6 Å². The van der Waals surface area contributed by atoms with Crippen LogP contribution in [0.4, 0.5) is 5.69 Å². The van der Waals surface area contributed by atoms with Gasteiger partial charge in [-0.25, -0.2) is 9.83 Å². The van der Waals surface area contributed by atoms with Crippen LogP contribution < -0.4 is 0 Å². The number of benzene rings is 7. The maximum absolute atomic E-state index is 7.68. The van der Waals surface area contributed by atoms with Crippen molar-refractivity contribution < 1.29 is 0 Å². The first-order chi connectivity index (χ1) is 23.7. The van der Waals surface area contributed by atoms with E-state index in [1.165, 1.54) is 30.9 Å². The second kappa shape index (κ2) is 10.4. The zero-order valence-electron chi connectivity index (χ0n) is 25.7. The molecule has 0 aliphatic carbocycles. The molecule has 0 atom stereocenters. The molecule has 0 unspecified atom stereocenters. The number of pyridine rings is 1. The fraction of sp³-hybridized carbons (Fsp3) is 0. The Balaban J connectivity index is 1.24. The maximum atomic E-state index is 7.68. The molecule has 0 saturated heterocycles. The summed E-state index contributed by atoms with van der Waals surface area (Å²) in [6, 6.07) is 53.6. The van der Waals surface area contributed by atoms with Gasteiger partial charge in [0.05, 0.1) is 28.8 Å². The van der Waals surface area contributed by atoms with E-state index < -0.39 is 0 Å². The van der Waals surface area contributed by atoms with Gasteiger partial charge in [0.25, 0.3) is 0 Å². The minimum absolute atomic E-state index is 0.641. The van der Waals surface area contributed by atoms with Gasteiger partial charge in [-0.1, -0.05) is 103 Å². The van der Waals surface area contributed by atoms with Gasteiger partial charge in [0.2, 0.25) is 0 Å². The predicted octanol–water partition coefficient (Wildman–Crippen LogP) is 12.7. The maximum Gasteiger partial charge on any atom is 0.188 e. The van der Waals surface area contributed by atoms with E-state index in [9.17, 15) is 0 Å². The lowest BCUT2D eigenvalue weighted by Crippen LogP contribution is -1.93. The zero-order chi connectivity index (χ0) is 31.8. The average Bonchev–Trinajstić information content (AvgIpc) is 3.70.